The van der Waals surface area contributed by atoms with Crippen molar-refractivity contribution in [3.63, 3.8) is 0 Å². The van der Waals surface area contributed by atoms with E-state index in [1.165, 1.54) is 0 Å². The molecule has 0 saturated carbocycles. The molecule has 0 unspecified atom stereocenters. The molecule has 0 fully saturated rings. The molecule has 2 aromatic rings. The first kappa shape index (κ1) is 11.4. The van der Waals surface area contributed by atoms with Crippen molar-refractivity contribution in [3.8, 4) is 0 Å². The molecular formula is C13H9BrOS. The summed E-state index contributed by atoms with van der Waals surface area (Å²) in [6, 6.07) is 15.7. The second-order valence-corrected chi connectivity index (χ2v) is 5.25. The lowest BCUT2D eigenvalue weighted by molar-refractivity contribution is 0.112. The van der Waals surface area contributed by atoms with E-state index in [-0.39, 0.29) is 0 Å². The highest BCUT2D eigenvalue weighted by Crippen LogP contribution is 2.31. The third kappa shape index (κ3) is 2.74. The van der Waals surface area contributed by atoms with Crippen LogP contribution in [-0.2, 0) is 0 Å². The maximum Gasteiger partial charge on any atom is 0.151 e. The first-order chi connectivity index (χ1) is 7.79. The molecule has 0 spiro atoms. The Morgan fingerprint density at radius 1 is 1.06 bits per heavy atom. The van der Waals surface area contributed by atoms with Crippen LogP contribution >= 0.6 is 27.7 Å². The van der Waals surface area contributed by atoms with Crippen LogP contribution in [-0.4, -0.2) is 6.29 Å². The van der Waals surface area contributed by atoms with Gasteiger partial charge in [-0.05, 0) is 30.3 Å². The number of halogens is 1. The van der Waals surface area contributed by atoms with Crippen LogP contribution in [0.2, 0.25) is 0 Å². The van der Waals surface area contributed by atoms with Gasteiger partial charge < -0.3 is 0 Å². The molecule has 1 nitrogen and oxygen atoms in total. The fourth-order valence-corrected chi connectivity index (χ4v) is 2.61. The minimum atomic E-state index is 0.711. The van der Waals surface area contributed by atoms with Crippen LogP contribution in [0.4, 0.5) is 0 Å². The number of benzene rings is 2. The molecule has 2 aromatic carbocycles. The van der Waals surface area contributed by atoms with Gasteiger partial charge in [-0.15, -0.1) is 0 Å². The Hall–Kier alpha value is -1.06. The largest absolute Gasteiger partial charge is 0.298 e. The van der Waals surface area contributed by atoms with Gasteiger partial charge in [-0.2, -0.15) is 0 Å². The van der Waals surface area contributed by atoms with Gasteiger partial charge in [0.05, 0.1) is 0 Å². The lowest BCUT2D eigenvalue weighted by Gasteiger charge is -2.04. The zero-order valence-corrected chi connectivity index (χ0v) is 10.8. The van der Waals surface area contributed by atoms with Gasteiger partial charge >= 0.3 is 0 Å². The first-order valence-electron chi connectivity index (χ1n) is 4.77. The van der Waals surface area contributed by atoms with E-state index in [0.29, 0.717) is 5.56 Å². The van der Waals surface area contributed by atoms with Crippen molar-refractivity contribution in [3.05, 3.63) is 58.6 Å². The first-order valence-corrected chi connectivity index (χ1v) is 6.38. The molecular weight excluding hydrogens is 284 g/mol. The number of hydrogen-bond donors (Lipinski definition) is 0. The fraction of sp³-hybridized carbons (Fsp3) is 0. The van der Waals surface area contributed by atoms with E-state index in [2.05, 4.69) is 15.9 Å². The SMILES string of the molecule is O=Cc1cc(Br)ccc1Sc1ccccc1. The predicted molar refractivity (Wildman–Crippen MR) is 70.1 cm³/mol. The molecule has 2 rings (SSSR count). The van der Waals surface area contributed by atoms with Crippen molar-refractivity contribution in [1.29, 1.82) is 0 Å². The molecule has 16 heavy (non-hydrogen) atoms. The van der Waals surface area contributed by atoms with Crippen molar-refractivity contribution < 1.29 is 4.79 Å². The molecule has 0 atom stereocenters. The van der Waals surface area contributed by atoms with Gasteiger partial charge in [-0.3, -0.25) is 4.79 Å². The smallest absolute Gasteiger partial charge is 0.151 e. The molecule has 0 bridgehead atoms. The standard InChI is InChI=1S/C13H9BrOS/c14-11-6-7-13(10(8-11)9-15)16-12-4-2-1-3-5-12/h1-9H. The second kappa shape index (κ2) is 5.32. The fourth-order valence-electron chi connectivity index (χ4n) is 1.32. The van der Waals surface area contributed by atoms with Crippen LogP contribution in [0.3, 0.4) is 0 Å². The van der Waals surface area contributed by atoms with Crippen molar-refractivity contribution in [2.45, 2.75) is 9.79 Å². The van der Waals surface area contributed by atoms with Crippen molar-refractivity contribution in [2.75, 3.05) is 0 Å². The van der Waals surface area contributed by atoms with E-state index >= 15 is 0 Å². The summed E-state index contributed by atoms with van der Waals surface area (Å²) in [6.07, 6.45) is 0.885. The highest BCUT2D eigenvalue weighted by atomic mass is 79.9. The highest BCUT2D eigenvalue weighted by Gasteiger charge is 2.04. The van der Waals surface area contributed by atoms with E-state index in [4.69, 9.17) is 0 Å². The number of hydrogen-bond acceptors (Lipinski definition) is 2. The van der Waals surface area contributed by atoms with Gasteiger partial charge in [-0.25, -0.2) is 0 Å². The number of rotatable bonds is 3. The quantitative estimate of drug-likeness (QED) is 0.780. The van der Waals surface area contributed by atoms with Crippen LogP contribution in [0, 0.1) is 0 Å². The van der Waals surface area contributed by atoms with E-state index in [0.717, 1.165) is 20.5 Å². The normalized spacial score (nSPS) is 10.1. The number of carbonyl (C=O) groups is 1. The summed E-state index contributed by atoms with van der Waals surface area (Å²) in [7, 11) is 0. The number of carbonyl (C=O) groups excluding carboxylic acids is 1. The minimum Gasteiger partial charge on any atom is -0.298 e. The minimum absolute atomic E-state index is 0.711. The zero-order chi connectivity index (χ0) is 11.4. The Morgan fingerprint density at radius 2 is 1.81 bits per heavy atom. The Bertz CT molecular complexity index is 497. The lowest BCUT2D eigenvalue weighted by atomic mass is 10.2. The van der Waals surface area contributed by atoms with Crippen LogP contribution in [0.5, 0.6) is 0 Å². The summed E-state index contributed by atoms with van der Waals surface area (Å²) < 4.78 is 0.923. The Labute approximate surface area is 107 Å². The molecule has 0 aromatic heterocycles. The van der Waals surface area contributed by atoms with E-state index < -0.39 is 0 Å². The molecule has 0 heterocycles. The number of aldehydes is 1. The highest BCUT2D eigenvalue weighted by molar-refractivity contribution is 9.10. The third-order valence-electron chi connectivity index (χ3n) is 2.07. The maximum atomic E-state index is 10.9. The summed E-state index contributed by atoms with van der Waals surface area (Å²) in [6.45, 7) is 0. The maximum absolute atomic E-state index is 10.9. The van der Waals surface area contributed by atoms with Crippen molar-refractivity contribution in [2.24, 2.45) is 0 Å². The predicted octanol–water partition coefficient (Wildman–Crippen LogP) is 4.41. The topological polar surface area (TPSA) is 17.1 Å². The van der Waals surface area contributed by atoms with Gasteiger partial charge in [0.25, 0.3) is 0 Å². The molecule has 0 amide bonds. The molecule has 0 radical (unpaired) electrons. The Morgan fingerprint density at radius 3 is 2.50 bits per heavy atom. The molecule has 0 aliphatic carbocycles. The summed E-state index contributed by atoms with van der Waals surface area (Å²) in [5.41, 5.74) is 0.711. The van der Waals surface area contributed by atoms with Gasteiger partial charge in [0.1, 0.15) is 0 Å². The van der Waals surface area contributed by atoms with Crippen LogP contribution in [0.15, 0.2) is 62.8 Å². The van der Waals surface area contributed by atoms with E-state index in [1.807, 2.05) is 48.5 Å². The molecule has 0 N–H and O–H groups in total. The van der Waals surface area contributed by atoms with Crippen LogP contribution in [0.1, 0.15) is 10.4 Å². The van der Waals surface area contributed by atoms with Crippen molar-refractivity contribution in [1.82, 2.24) is 0 Å². The van der Waals surface area contributed by atoms with Gasteiger partial charge in [0.15, 0.2) is 6.29 Å². The Kier molecular flexibility index (Phi) is 3.80. The third-order valence-corrected chi connectivity index (χ3v) is 3.66. The summed E-state index contributed by atoms with van der Waals surface area (Å²) in [4.78, 5) is 13.0. The van der Waals surface area contributed by atoms with Crippen LogP contribution < -0.4 is 0 Å². The summed E-state index contributed by atoms with van der Waals surface area (Å²) in [5, 5.41) is 0. The summed E-state index contributed by atoms with van der Waals surface area (Å²) >= 11 is 4.95. The monoisotopic (exact) mass is 292 g/mol. The molecule has 0 saturated heterocycles. The molecule has 0 aliphatic heterocycles. The van der Waals surface area contributed by atoms with E-state index in [9.17, 15) is 4.79 Å². The molecule has 0 aliphatic rings. The zero-order valence-electron chi connectivity index (χ0n) is 8.39. The average Bonchev–Trinajstić information content (AvgIpc) is 2.33. The lowest BCUT2D eigenvalue weighted by Crippen LogP contribution is -1.84. The molecule has 80 valence electrons. The molecule has 3 heteroatoms. The van der Waals surface area contributed by atoms with Crippen LogP contribution in [0.25, 0.3) is 0 Å². The second-order valence-electron chi connectivity index (χ2n) is 3.22. The summed E-state index contributed by atoms with van der Waals surface area (Å²) in [5.74, 6) is 0. The van der Waals surface area contributed by atoms with E-state index in [1.54, 1.807) is 11.8 Å². The van der Waals surface area contributed by atoms with Gasteiger partial charge in [0.2, 0.25) is 0 Å². The van der Waals surface area contributed by atoms with Gasteiger partial charge in [-0.1, -0.05) is 45.9 Å². The van der Waals surface area contributed by atoms with Gasteiger partial charge in [0, 0.05) is 19.8 Å². The van der Waals surface area contributed by atoms with Crippen molar-refractivity contribution >= 4 is 34.0 Å². The Balaban J connectivity index is 2.31. The average molecular weight is 293 g/mol.